The van der Waals surface area contributed by atoms with E-state index in [1.807, 2.05) is 0 Å². The van der Waals surface area contributed by atoms with Crippen molar-refractivity contribution in [3.63, 3.8) is 0 Å². The summed E-state index contributed by atoms with van der Waals surface area (Å²) < 4.78 is 34.5. The maximum absolute atomic E-state index is 11.5. The highest BCUT2D eigenvalue weighted by Gasteiger charge is 2.27. The van der Waals surface area contributed by atoms with Crippen LogP contribution in [0.2, 0.25) is 0 Å². The summed E-state index contributed by atoms with van der Waals surface area (Å²) in [6.45, 7) is -0.785. The van der Waals surface area contributed by atoms with Crippen molar-refractivity contribution >= 4 is 0 Å². The van der Waals surface area contributed by atoms with Gasteiger partial charge in [-0.2, -0.15) is 13.2 Å². The van der Waals surface area contributed by atoms with E-state index in [0.29, 0.717) is 19.4 Å². The maximum atomic E-state index is 11.5. The quantitative estimate of drug-likeness (QED) is 0.481. The van der Waals surface area contributed by atoms with Gasteiger partial charge in [0.05, 0.1) is 0 Å². The number of rotatable bonds is 7. The molecule has 0 saturated heterocycles. The van der Waals surface area contributed by atoms with Crippen LogP contribution in [-0.2, 0) is 4.84 Å². The molecule has 80 valence electrons. The highest BCUT2D eigenvalue weighted by Crippen LogP contribution is 2.13. The van der Waals surface area contributed by atoms with Crippen molar-refractivity contribution in [1.29, 1.82) is 0 Å². The number of hydrogen-bond donors (Lipinski definition) is 2. The third-order valence-corrected chi connectivity index (χ3v) is 1.27. The zero-order valence-electron chi connectivity index (χ0n) is 7.23. The maximum Gasteiger partial charge on any atom is 0.413 e. The monoisotopic (exact) mass is 201 g/mol. The summed E-state index contributed by atoms with van der Waals surface area (Å²) in [6, 6.07) is 0. The lowest BCUT2D eigenvalue weighted by Crippen LogP contribution is -2.25. The van der Waals surface area contributed by atoms with Gasteiger partial charge in [-0.05, 0) is 19.3 Å². The fraction of sp³-hybridized carbons (Fsp3) is 1.00. The second kappa shape index (κ2) is 7.11. The zero-order chi connectivity index (χ0) is 10.2. The molecule has 0 fully saturated rings. The van der Waals surface area contributed by atoms with Gasteiger partial charge >= 0.3 is 6.18 Å². The Labute approximate surface area is 74.8 Å². The van der Waals surface area contributed by atoms with Crippen molar-refractivity contribution in [2.45, 2.75) is 25.4 Å². The molecular formula is C7H14F3NO2. The summed E-state index contributed by atoms with van der Waals surface area (Å²) in [5.41, 5.74) is 2.20. The highest BCUT2D eigenvalue weighted by atomic mass is 19.4. The van der Waals surface area contributed by atoms with Crippen LogP contribution in [0.1, 0.15) is 19.3 Å². The van der Waals surface area contributed by atoms with Crippen LogP contribution in [-0.4, -0.2) is 31.0 Å². The Morgan fingerprint density at radius 3 is 2.38 bits per heavy atom. The molecule has 0 aromatic heterocycles. The smallest absolute Gasteiger partial charge is 0.396 e. The van der Waals surface area contributed by atoms with Gasteiger partial charge in [0.1, 0.15) is 0 Å². The lowest BCUT2D eigenvalue weighted by molar-refractivity contribution is -0.189. The van der Waals surface area contributed by atoms with Crippen molar-refractivity contribution in [2.75, 3.05) is 19.8 Å². The molecule has 2 N–H and O–H groups in total. The number of hydrogen-bond acceptors (Lipinski definition) is 3. The molecule has 0 amide bonds. The molecule has 0 heterocycles. The number of halogens is 3. The first kappa shape index (κ1) is 12.7. The Bertz CT molecular complexity index is 119. The van der Waals surface area contributed by atoms with Gasteiger partial charge in [-0.3, -0.25) is 4.84 Å². The lowest BCUT2D eigenvalue weighted by Gasteiger charge is -2.07. The second-order valence-corrected chi connectivity index (χ2v) is 2.58. The summed E-state index contributed by atoms with van der Waals surface area (Å²) in [7, 11) is 0. The molecule has 0 rings (SSSR count). The molecule has 0 aliphatic carbocycles. The number of aliphatic hydroxyl groups is 1. The minimum Gasteiger partial charge on any atom is -0.396 e. The van der Waals surface area contributed by atoms with E-state index >= 15 is 0 Å². The van der Waals surface area contributed by atoms with E-state index in [-0.39, 0.29) is 6.61 Å². The molecule has 6 heteroatoms. The van der Waals surface area contributed by atoms with Gasteiger partial charge in [-0.15, -0.1) is 0 Å². The Hall–Kier alpha value is -0.330. The SMILES string of the molecule is OCCCCCNOCC(F)(F)F. The van der Waals surface area contributed by atoms with Gasteiger partial charge in [0.2, 0.25) is 0 Å². The van der Waals surface area contributed by atoms with Gasteiger partial charge in [0.25, 0.3) is 0 Å². The first-order chi connectivity index (χ1) is 6.06. The summed E-state index contributed by atoms with van der Waals surface area (Å²) in [6.07, 6.45) is -2.14. The Balaban J connectivity index is 3.00. The largest absolute Gasteiger partial charge is 0.413 e. The summed E-state index contributed by atoms with van der Waals surface area (Å²) in [5.74, 6) is 0. The fourth-order valence-electron chi connectivity index (χ4n) is 0.691. The van der Waals surface area contributed by atoms with Crippen molar-refractivity contribution in [2.24, 2.45) is 0 Å². The van der Waals surface area contributed by atoms with Crippen molar-refractivity contribution in [3.8, 4) is 0 Å². The van der Waals surface area contributed by atoms with Crippen LogP contribution >= 0.6 is 0 Å². The third kappa shape index (κ3) is 11.7. The van der Waals surface area contributed by atoms with Crippen molar-refractivity contribution in [3.05, 3.63) is 0 Å². The van der Waals surface area contributed by atoms with Gasteiger partial charge in [-0.1, -0.05) is 0 Å². The number of unbranched alkanes of at least 4 members (excludes halogenated alkanes) is 2. The van der Waals surface area contributed by atoms with E-state index in [0.717, 1.165) is 6.42 Å². The van der Waals surface area contributed by atoms with E-state index in [9.17, 15) is 13.2 Å². The van der Waals surface area contributed by atoms with Crippen LogP contribution in [0.5, 0.6) is 0 Å². The first-order valence-corrected chi connectivity index (χ1v) is 4.08. The molecule has 0 aromatic rings. The minimum atomic E-state index is -4.28. The average molecular weight is 201 g/mol. The van der Waals surface area contributed by atoms with Crippen LogP contribution in [0.15, 0.2) is 0 Å². The van der Waals surface area contributed by atoms with Crippen LogP contribution in [0.4, 0.5) is 13.2 Å². The Morgan fingerprint density at radius 1 is 1.15 bits per heavy atom. The van der Waals surface area contributed by atoms with E-state index < -0.39 is 12.8 Å². The van der Waals surface area contributed by atoms with Crippen LogP contribution in [0, 0.1) is 0 Å². The van der Waals surface area contributed by atoms with Crippen LogP contribution < -0.4 is 5.48 Å². The molecule has 0 aliphatic rings. The Kier molecular flexibility index (Phi) is 6.93. The molecule has 0 aromatic carbocycles. The average Bonchev–Trinajstić information content (AvgIpc) is 2.01. The number of nitrogens with one attached hydrogen (secondary N) is 1. The molecule has 0 saturated carbocycles. The molecule has 0 aliphatic heterocycles. The topological polar surface area (TPSA) is 41.5 Å². The minimum absolute atomic E-state index is 0.114. The van der Waals surface area contributed by atoms with Crippen molar-refractivity contribution < 1.29 is 23.1 Å². The zero-order valence-corrected chi connectivity index (χ0v) is 7.23. The normalized spacial score (nSPS) is 12.0. The summed E-state index contributed by atoms with van der Waals surface area (Å²) >= 11 is 0. The molecule has 0 unspecified atom stereocenters. The van der Waals surface area contributed by atoms with Crippen molar-refractivity contribution in [1.82, 2.24) is 5.48 Å². The molecule has 0 bridgehead atoms. The number of aliphatic hydroxyl groups excluding tert-OH is 1. The predicted octanol–water partition coefficient (Wildman–Crippen LogP) is 1.23. The summed E-state index contributed by atoms with van der Waals surface area (Å²) in [4.78, 5) is 4.14. The van der Waals surface area contributed by atoms with E-state index in [2.05, 4.69) is 10.3 Å². The molecule has 0 radical (unpaired) electrons. The highest BCUT2D eigenvalue weighted by molar-refractivity contribution is 4.45. The molecule has 3 nitrogen and oxygen atoms in total. The fourth-order valence-corrected chi connectivity index (χ4v) is 0.691. The van der Waals surface area contributed by atoms with Crippen LogP contribution in [0.3, 0.4) is 0 Å². The molecular weight excluding hydrogens is 187 g/mol. The van der Waals surface area contributed by atoms with E-state index in [4.69, 9.17) is 5.11 Å². The first-order valence-electron chi connectivity index (χ1n) is 4.08. The predicted molar refractivity (Wildman–Crippen MR) is 40.9 cm³/mol. The van der Waals surface area contributed by atoms with Gasteiger partial charge < -0.3 is 5.11 Å². The van der Waals surface area contributed by atoms with Crippen LogP contribution in [0.25, 0.3) is 0 Å². The van der Waals surface area contributed by atoms with E-state index in [1.165, 1.54) is 0 Å². The number of hydroxylamine groups is 1. The second-order valence-electron chi connectivity index (χ2n) is 2.58. The van der Waals surface area contributed by atoms with E-state index in [1.54, 1.807) is 0 Å². The standard InChI is InChI=1S/C7H14F3NO2/c8-7(9,10)6-13-11-4-2-1-3-5-12/h11-12H,1-6H2. The molecule has 0 atom stereocenters. The van der Waals surface area contributed by atoms with Gasteiger partial charge in [0, 0.05) is 13.2 Å². The Morgan fingerprint density at radius 2 is 1.85 bits per heavy atom. The van der Waals surface area contributed by atoms with Gasteiger partial charge in [0.15, 0.2) is 6.61 Å². The third-order valence-electron chi connectivity index (χ3n) is 1.27. The molecule has 0 spiro atoms. The molecule has 13 heavy (non-hydrogen) atoms. The van der Waals surface area contributed by atoms with Gasteiger partial charge in [-0.25, -0.2) is 5.48 Å². The lowest BCUT2D eigenvalue weighted by atomic mass is 10.2. The summed E-state index contributed by atoms with van der Waals surface area (Å²) in [5, 5.41) is 8.38. The number of alkyl halides is 3.